The molecule has 5 nitrogen and oxygen atoms in total. The fraction of sp³-hybridized carbons (Fsp3) is 0.0769. The van der Waals surface area contributed by atoms with Gasteiger partial charge in [-0.3, -0.25) is 4.57 Å². The molecule has 1 aromatic carbocycles. The average Bonchev–Trinajstić information content (AvgIpc) is 2.72. The zero-order valence-electron chi connectivity index (χ0n) is 10.5. The normalized spacial score (nSPS) is 11.8. The van der Waals surface area contributed by atoms with E-state index in [1.807, 2.05) is 0 Å². The minimum atomic E-state index is -4.75. The molecule has 0 aliphatic heterocycles. The highest BCUT2D eigenvalue weighted by molar-refractivity contribution is 5.76. The highest BCUT2D eigenvalue weighted by atomic mass is 19.4. The lowest BCUT2D eigenvalue weighted by Crippen LogP contribution is -2.17. The van der Waals surface area contributed by atoms with Crippen molar-refractivity contribution in [2.24, 2.45) is 0 Å². The van der Waals surface area contributed by atoms with E-state index in [4.69, 9.17) is 5.73 Å². The van der Waals surface area contributed by atoms with Crippen LogP contribution in [0.15, 0.2) is 42.6 Å². The van der Waals surface area contributed by atoms with E-state index in [1.54, 1.807) is 24.4 Å². The van der Waals surface area contributed by atoms with E-state index in [-0.39, 0.29) is 11.7 Å². The standard InChI is InChI=1S/C13H9F3N4O/c14-13(15,16)21-9-4-1-3-8(7-9)20-11-10(19-12(20)17)5-2-6-18-11/h1-7H,(H2,17,19). The van der Waals surface area contributed by atoms with Crippen LogP contribution in [0.2, 0.25) is 0 Å². The summed E-state index contributed by atoms with van der Waals surface area (Å²) in [5.74, 6) is -0.204. The van der Waals surface area contributed by atoms with Gasteiger partial charge in [-0.1, -0.05) is 6.07 Å². The van der Waals surface area contributed by atoms with Gasteiger partial charge in [-0.25, -0.2) is 9.97 Å². The third-order valence-corrected chi connectivity index (χ3v) is 2.75. The predicted octanol–water partition coefficient (Wildman–Crippen LogP) is 2.90. The van der Waals surface area contributed by atoms with Crippen molar-refractivity contribution in [3.63, 3.8) is 0 Å². The summed E-state index contributed by atoms with van der Waals surface area (Å²) in [5.41, 5.74) is 7.21. The Hall–Kier alpha value is -2.77. The van der Waals surface area contributed by atoms with E-state index in [0.29, 0.717) is 16.9 Å². The van der Waals surface area contributed by atoms with Crippen LogP contribution in [-0.4, -0.2) is 20.9 Å². The summed E-state index contributed by atoms with van der Waals surface area (Å²) < 4.78 is 42.2. The van der Waals surface area contributed by atoms with Gasteiger partial charge in [0.25, 0.3) is 0 Å². The van der Waals surface area contributed by atoms with Crippen LogP contribution in [0.4, 0.5) is 19.1 Å². The van der Waals surface area contributed by atoms with Crippen molar-refractivity contribution < 1.29 is 17.9 Å². The zero-order chi connectivity index (χ0) is 15.0. The molecule has 0 aliphatic carbocycles. The van der Waals surface area contributed by atoms with Gasteiger partial charge in [-0.2, -0.15) is 0 Å². The number of nitrogen functional groups attached to an aromatic ring is 1. The van der Waals surface area contributed by atoms with Crippen molar-refractivity contribution in [1.82, 2.24) is 14.5 Å². The first-order valence-corrected chi connectivity index (χ1v) is 5.89. The predicted molar refractivity (Wildman–Crippen MR) is 70.0 cm³/mol. The van der Waals surface area contributed by atoms with Gasteiger partial charge < -0.3 is 10.5 Å². The van der Waals surface area contributed by atoms with Crippen LogP contribution in [0.25, 0.3) is 16.9 Å². The number of imidazole rings is 1. The first kappa shape index (κ1) is 13.2. The molecule has 0 spiro atoms. The molecule has 0 saturated heterocycles. The van der Waals surface area contributed by atoms with Crippen molar-refractivity contribution >= 4 is 17.1 Å². The largest absolute Gasteiger partial charge is 0.573 e. The van der Waals surface area contributed by atoms with Crippen LogP contribution in [0.5, 0.6) is 5.75 Å². The number of fused-ring (bicyclic) bond motifs is 1. The molecule has 0 saturated carbocycles. The third-order valence-electron chi connectivity index (χ3n) is 2.75. The minimum absolute atomic E-state index is 0.132. The maximum Gasteiger partial charge on any atom is 0.573 e. The molecule has 3 rings (SSSR count). The molecule has 0 atom stereocenters. The van der Waals surface area contributed by atoms with E-state index in [0.717, 1.165) is 0 Å². The van der Waals surface area contributed by atoms with Crippen LogP contribution < -0.4 is 10.5 Å². The number of nitrogens with zero attached hydrogens (tertiary/aromatic N) is 3. The number of aromatic nitrogens is 3. The van der Waals surface area contributed by atoms with Gasteiger partial charge in [0, 0.05) is 12.3 Å². The lowest BCUT2D eigenvalue weighted by molar-refractivity contribution is -0.274. The number of rotatable bonds is 2. The van der Waals surface area contributed by atoms with E-state index < -0.39 is 6.36 Å². The maximum atomic E-state index is 12.3. The summed E-state index contributed by atoms with van der Waals surface area (Å²) in [6.07, 6.45) is -3.20. The van der Waals surface area contributed by atoms with Gasteiger partial charge in [0.15, 0.2) is 5.65 Å². The van der Waals surface area contributed by atoms with Gasteiger partial charge >= 0.3 is 6.36 Å². The highest BCUT2D eigenvalue weighted by Crippen LogP contribution is 2.27. The molecular formula is C13H9F3N4O. The van der Waals surface area contributed by atoms with Gasteiger partial charge in [0.05, 0.1) is 5.69 Å². The summed E-state index contributed by atoms with van der Waals surface area (Å²) in [7, 11) is 0. The molecule has 0 amide bonds. The number of benzene rings is 1. The molecule has 3 aromatic rings. The molecular weight excluding hydrogens is 285 g/mol. The minimum Gasteiger partial charge on any atom is -0.406 e. The lowest BCUT2D eigenvalue weighted by Gasteiger charge is -2.11. The summed E-state index contributed by atoms with van der Waals surface area (Å²) in [4.78, 5) is 8.25. The second-order valence-corrected chi connectivity index (χ2v) is 4.20. The molecule has 2 heterocycles. The topological polar surface area (TPSA) is 66.0 Å². The van der Waals surface area contributed by atoms with E-state index in [1.165, 1.54) is 22.8 Å². The number of anilines is 1. The van der Waals surface area contributed by atoms with Gasteiger partial charge in [0.1, 0.15) is 11.3 Å². The summed E-state index contributed by atoms with van der Waals surface area (Å²) in [6.45, 7) is 0. The number of hydrogen-bond acceptors (Lipinski definition) is 4. The Morgan fingerprint density at radius 2 is 1.95 bits per heavy atom. The zero-order valence-corrected chi connectivity index (χ0v) is 10.5. The Bertz CT molecular complexity index is 797. The van der Waals surface area contributed by atoms with E-state index >= 15 is 0 Å². The number of pyridine rings is 1. The average molecular weight is 294 g/mol. The second kappa shape index (κ2) is 4.65. The molecule has 108 valence electrons. The molecule has 0 fully saturated rings. The molecule has 0 bridgehead atoms. The highest BCUT2D eigenvalue weighted by Gasteiger charge is 2.31. The van der Waals surface area contributed by atoms with Crippen LogP contribution >= 0.6 is 0 Å². The number of hydrogen-bond donors (Lipinski definition) is 1. The van der Waals surface area contributed by atoms with Crippen LogP contribution in [0, 0.1) is 0 Å². The van der Waals surface area contributed by atoms with Gasteiger partial charge in [0.2, 0.25) is 5.95 Å². The van der Waals surface area contributed by atoms with Crippen molar-refractivity contribution in [3.8, 4) is 11.4 Å². The Morgan fingerprint density at radius 1 is 1.14 bits per heavy atom. The van der Waals surface area contributed by atoms with Crippen LogP contribution in [0.3, 0.4) is 0 Å². The third kappa shape index (κ3) is 2.60. The van der Waals surface area contributed by atoms with Crippen molar-refractivity contribution in [1.29, 1.82) is 0 Å². The number of ether oxygens (including phenoxy) is 1. The Balaban J connectivity index is 2.11. The number of nitrogens with two attached hydrogens (primary N) is 1. The second-order valence-electron chi connectivity index (χ2n) is 4.20. The molecule has 2 N–H and O–H groups in total. The Morgan fingerprint density at radius 3 is 2.71 bits per heavy atom. The summed E-state index contributed by atoms with van der Waals surface area (Å²) >= 11 is 0. The Labute approximate surface area is 116 Å². The summed E-state index contributed by atoms with van der Waals surface area (Å²) in [6, 6.07) is 8.87. The number of alkyl halides is 3. The molecule has 0 unspecified atom stereocenters. The van der Waals surface area contributed by atoms with Gasteiger partial charge in [-0.15, -0.1) is 13.2 Å². The quantitative estimate of drug-likeness (QED) is 0.789. The SMILES string of the molecule is Nc1nc2cccnc2n1-c1cccc(OC(F)(F)F)c1. The van der Waals surface area contributed by atoms with Crippen LogP contribution in [0.1, 0.15) is 0 Å². The fourth-order valence-corrected chi connectivity index (χ4v) is 2.00. The van der Waals surface area contributed by atoms with Gasteiger partial charge in [-0.05, 0) is 24.3 Å². The van der Waals surface area contributed by atoms with Crippen LogP contribution in [-0.2, 0) is 0 Å². The maximum absolute atomic E-state index is 12.3. The first-order valence-electron chi connectivity index (χ1n) is 5.89. The molecule has 21 heavy (non-hydrogen) atoms. The molecule has 2 aromatic heterocycles. The smallest absolute Gasteiger partial charge is 0.406 e. The van der Waals surface area contributed by atoms with E-state index in [2.05, 4.69) is 14.7 Å². The summed E-state index contributed by atoms with van der Waals surface area (Å²) in [5, 5.41) is 0. The molecule has 0 radical (unpaired) electrons. The Kier molecular flexibility index (Phi) is 2.93. The van der Waals surface area contributed by atoms with Crippen molar-refractivity contribution in [3.05, 3.63) is 42.6 Å². The molecule has 0 aliphatic rings. The van der Waals surface area contributed by atoms with Crippen molar-refractivity contribution in [2.45, 2.75) is 6.36 Å². The fourth-order valence-electron chi connectivity index (χ4n) is 2.00. The first-order chi connectivity index (χ1) is 9.94. The van der Waals surface area contributed by atoms with Crippen molar-refractivity contribution in [2.75, 3.05) is 5.73 Å². The molecule has 8 heteroatoms. The van der Waals surface area contributed by atoms with E-state index in [9.17, 15) is 13.2 Å². The monoisotopic (exact) mass is 294 g/mol. The lowest BCUT2D eigenvalue weighted by atomic mass is 10.3. The number of halogens is 3.